The zero-order chi connectivity index (χ0) is 17.9. The quantitative estimate of drug-likeness (QED) is 0.856. The largest absolute Gasteiger partial charge is 0.339 e. The van der Waals surface area contributed by atoms with Crippen LogP contribution in [0.25, 0.3) is 0 Å². The number of nitrogens with zero attached hydrogens (tertiary/aromatic N) is 1. The Balaban J connectivity index is 2.20. The van der Waals surface area contributed by atoms with E-state index in [4.69, 9.17) is 0 Å². The van der Waals surface area contributed by atoms with E-state index in [1.807, 2.05) is 6.92 Å². The molecule has 1 saturated carbocycles. The summed E-state index contributed by atoms with van der Waals surface area (Å²) in [7, 11) is -1.83. The molecule has 0 saturated heterocycles. The van der Waals surface area contributed by atoms with E-state index in [0.717, 1.165) is 25.7 Å². The van der Waals surface area contributed by atoms with E-state index in [0.29, 0.717) is 11.5 Å². The normalized spacial score (nSPS) is 17.2. The predicted octanol–water partition coefficient (Wildman–Crippen LogP) is 3.02. The summed E-state index contributed by atoms with van der Waals surface area (Å²) < 4.78 is 27.8. The summed E-state index contributed by atoms with van der Waals surface area (Å²) in [5, 5.41) is 0. The van der Waals surface area contributed by atoms with E-state index < -0.39 is 10.0 Å². The van der Waals surface area contributed by atoms with Gasteiger partial charge in [0.2, 0.25) is 10.0 Å². The fourth-order valence-electron chi connectivity index (χ4n) is 2.96. The predicted molar refractivity (Wildman–Crippen MR) is 95.4 cm³/mol. The van der Waals surface area contributed by atoms with Gasteiger partial charge in [0.25, 0.3) is 5.91 Å². The highest BCUT2D eigenvalue weighted by Gasteiger charge is 2.25. The number of hydrogen-bond acceptors (Lipinski definition) is 3. The van der Waals surface area contributed by atoms with Gasteiger partial charge < -0.3 is 4.90 Å². The van der Waals surface area contributed by atoms with Gasteiger partial charge in [-0.05, 0) is 43.9 Å². The lowest BCUT2D eigenvalue weighted by atomic mass is 10.0. The molecule has 1 aliphatic carbocycles. The zero-order valence-corrected chi connectivity index (χ0v) is 15.8. The van der Waals surface area contributed by atoms with Crippen molar-refractivity contribution >= 4 is 15.9 Å². The van der Waals surface area contributed by atoms with Crippen LogP contribution in [-0.4, -0.2) is 38.4 Å². The van der Waals surface area contributed by atoms with E-state index in [2.05, 4.69) is 18.6 Å². The minimum Gasteiger partial charge on any atom is -0.339 e. The SMILES string of the molecule is CC(C)C(C)N(C)C(=O)c1cccc(S(=O)(=O)NC2CCCC2)c1. The van der Waals surface area contributed by atoms with Crippen molar-refractivity contribution in [3.05, 3.63) is 29.8 Å². The molecule has 1 amide bonds. The second-order valence-electron chi connectivity index (χ2n) is 7.03. The van der Waals surface area contributed by atoms with Crippen LogP contribution in [0.1, 0.15) is 56.8 Å². The maximum atomic E-state index is 12.6. The first-order chi connectivity index (χ1) is 11.2. The number of benzene rings is 1. The molecular weight excluding hydrogens is 324 g/mol. The highest BCUT2D eigenvalue weighted by molar-refractivity contribution is 7.89. The molecule has 24 heavy (non-hydrogen) atoms. The highest BCUT2D eigenvalue weighted by Crippen LogP contribution is 2.21. The second kappa shape index (κ2) is 7.66. The summed E-state index contributed by atoms with van der Waals surface area (Å²) in [6.07, 6.45) is 3.88. The zero-order valence-electron chi connectivity index (χ0n) is 15.0. The Morgan fingerprint density at radius 1 is 1.21 bits per heavy atom. The average Bonchev–Trinajstić information content (AvgIpc) is 3.05. The number of carbonyl (C=O) groups excluding carboxylic acids is 1. The van der Waals surface area contributed by atoms with Crippen LogP contribution in [0.15, 0.2) is 29.2 Å². The Morgan fingerprint density at radius 3 is 2.42 bits per heavy atom. The number of nitrogens with one attached hydrogen (secondary N) is 1. The Morgan fingerprint density at radius 2 is 1.83 bits per heavy atom. The molecule has 1 aromatic rings. The molecule has 134 valence electrons. The second-order valence-corrected chi connectivity index (χ2v) is 8.75. The molecule has 2 rings (SSSR count). The molecule has 1 fully saturated rings. The van der Waals surface area contributed by atoms with Crippen molar-refractivity contribution in [1.82, 2.24) is 9.62 Å². The first kappa shape index (κ1) is 18.9. The van der Waals surface area contributed by atoms with Crippen LogP contribution in [0.5, 0.6) is 0 Å². The molecule has 1 N–H and O–H groups in total. The Bertz CT molecular complexity index is 679. The number of rotatable bonds is 6. The third-order valence-electron chi connectivity index (χ3n) is 4.96. The minimum absolute atomic E-state index is 0.0120. The standard InChI is InChI=1S/C18H28N2O3S/c1-13(2)14(3)20(4)18(21)15-8-7-11-17(12-15)24(22,23)19-16-9-5-6-10-16/h7-8,11-14,16,19H,5-6,9-10H2,1-4H3. The van der Waals surface area contributed by atoms with E-state index >= 15 is 0 Å². The monoisotopic (exact) mass is 352 g/mol. The van der Waals surface area contributed by atoms with Gasteiger partial charge in [-0.25, -0.2) is 13.1 Å². The minimum atomic E-state index is -3.58. The summed E-state index contributed by atoms with van der Waals surface area (Å²) in [4.78, 5) is 14.5. The molecule has 0 aromatic heterocycles. The van der Waals surface area contributed by atoms with Crippen molar-refractivity contribution in [2.45, 2.75) is 63.4 Å². The van der Waals surface area contributed by atoms with Crippen LogP contribution < -0.4 is 4.72 Å². The number of sulfonamides is 1. The molecule has 0 radical (unpaired) electrons. The van der Waals surface area contributed by atoms with Gasteiger partial charge in [-0.3, -0.25) is 4.79 Å². The Labute approximate surface area is 145 Å². The van der Waals surface area contributed by atoms with Gasteiger partial charge in [0.15, 0.2) is 0 Å². The van der Waals surface area contributed by atoms with Crippen molar-refractivity contribution in [3.63, 3.8) is 0 Å². The van der Waals surface area contributed by atoms with Gasteiger partial charge in [0.05, 0.1) is 4.90 Å². The van der Waals surface area contributed by atoms with Crippen molar-refractivity contribution in [2.75, 3.05) is 7.05 Å². The van der Waals surface area contributed by atoms with E-state index in [1.54, 1.807) is 30.1 Å². The maximum absolute atomic E-state index is 12.6. The van der Waals surface area contributed by atoms with Gasteiger partial charge in [-0.2, -0.15) is 0 Å². The van der Waals surface area contributed by atoms with Gasteiger partial charge in [0, 0.05) is 24.7 Å². The number of carbonyl (C=O) groups is 1. The lowest BCUT2D eigenvalue weighted by molar-refractivity contribution is 0.0707. The van der Waals surface area contributed by atoms with Crippen molar-refractivity contribution < 1.29 is 13.2 Å². The molecule has 0 heterocycles. The molecule has 1 atom stereocenters. The summed E-state index contributed by atoms with van der Waals surface area (Å²) in [5.41, 5.74) is 0.402. The van der Waals surface area contributed by atoms with Crippen LogP contribution in [0.2, 0.25) is 0 Å². The molecule has 1 aromatic carbocycles. The molecule has 6 heteroatoms. The average molecular weight is 353 g/mol. The van der Waals surface area contributed by atoms with Crippen LogP contribution in [-0.2, 0) is 10.0 Å². The van der Waals surface area contributed by atoms with Crippen LogP contribution in [0, 0.1) is 5.92 Å². The van der Waals surface area contributed by atoms with Crippen molar-refractivity contribution in [3.8, 4) is 0 Å². The number of amides is 1. The fraction of sp³-hybridized carbons (Fsp3) is 0.611. The summed E-state index contributed by atoms with van der Waals surface area (Å²) in [6, 6.07) is 6.40. The first-order valence-electron chi connectivity index (χ1n) is 8.62. The maximum Gasteiger partial charge on any atom is 0.253 e. The van der Waals surface area contributed by atoms with Gasteiger partial charge in [-0.1, -0.05) is 32.8 Å². The third-order valence-corrected chi connectivity index (χ3v) is 6.48. The van der Waals surface area contributed by atoms with Gasteiger partial charge in [-0.15, -0.1) is 0 Å². The summed E-state index contributed by atoms with van der Waals surface area (Å²) in [5.74, 6) is 0.170. The van der Waals surface area contributed by atoms with Gasteiger partial charge >= 0.3 is 0 Å². The number of hydrogen-bond donors (Lipinski definition) is 1. The lowest BCUT2D eigenvalue weighted by Gasteiger charge is -2.28. The Hall–Kier alpha value is -1.40. The van der Waals surface area contributed by atoms with Crippen molar-refractivity contribution in [2.24, 2.45) is 5.92 Å². The molecule has 0 aliphatic heterocycles. The van der Waals surface area contributed by atoms with Crippen LogP contribution in [0.3, 0.4) is 0 Å². The first-order valence-corrected chi connectivity index (χ1v) is 10.1. The van der Waals surface area contributed by atoms with Crippen molar-refractivity contribution in [1.29, 1.82) is 0 Å². The van der Waals surface area contributed by atoms with Crippen LogP contribution in [0.4, 0.5) is 0 Å². The molecule has 5 nitrogen and oxygen atoms in total. The highest BCUT2D eigenvalue weighted by atomic mass is 32.2. The molecule has 0 bridgehead atoms. The van der Waals surface area contributed by atoms with E-state index in [9.17, 15) is 13.2 Å². The van der Waals surface area contributed by atoms with E-state index in [-0.39, 0.29) is 22.9 Å². The molecular formula is C18H28N2O3S. The topological polar surface area (TPSA) is 66.5 Å². The molecule has 1 aliphatic rings. The molecule has 1 unspecified atom stereocenters. The lowest BCUT2D eigenvalue weighted by Crippen LogP contribution is -2.38. The van der Waals surface area contributed by atoms with E-state index in [1.165, 1.54) is 6.07 Å². The van der Waals surface area contributed by atoms with Crippen LogP contribution >= 0.6 is 0 Å². The van der Waals surface area contributed by atoms with Gasteiger partial charge in [0.1, 0.15) is 0 Å². The third kappa shape index (κ3) is 4.36. The summed E-state index contributed by atoms with van der Waals surface area (Å²) in [6.45, 7) is 6.10. The Kier molecular flexibility index (Phi) is 6.04. The fourth-order valence-corrected chi connectivity index (χ4v) is 4.31. The molecule has 0 spiro atoms. The smallest absolute Gasteiger partial charge is 0.253 e. The summed E-state index contributed by atoms with van der Waals surface area (Å²) >= 11 is 0.